The topological polar surface area (TPSA) is 62.7 Å². The highest BCUT2D eigenvalue weighted by molar-refractivity contribution is 5.79. The van der Waals surface area contributed by atoms with Crippen LogP contribution < -0.4 is 5.73 Å². The Morgan fingerprint density at radius 2 is 1.90 bits per heavy atom. The zero-order valence-corrected chi connectivity index (χ0v) is 11.3. The molecule has 1 aromatic heterocycles. The molecule has 1 aliphatic rings. The van der Waals surface area contributed by atoms with E-state index in [0.29, 0.717) is 11.1 Å². The number of benzene rings is 1. The summed E-state index contributed by atoms with van der Waals surface area (Å²) >= 11 is 0. The molecule has 2 N–H and O–H groups in total. The fraction of sp³-hybridized carbons (Fsp3) is 0.250. The highest BCUT2D eigenvalue weighted by Crippen LogP contribution is 2.36. The summed E-state index contributed by atoms with van der Waals surface area (Å²) in [4.78, 5) is 4.30. The van der Waals surface area contributed by atoms with Crippen LogP contribution in [0.3, 0.4) is 0 Å². The lowest BCUT2D eigenvalue weighted by Crippen LogP contribution is -2.12. The number of aryl methyl sites for hydroxylation is 1. The van der Waals surface area contributed by atoms with Gasteiger partial charge < -0.3 is 5.73 Å². The molecule has 1 heterocycles. The Balaban J connectivity index is 2.31. The number of aromatic nitrogens is 1. The first-order chi connectivity index (χ1) is 10.1. The van der Waals surface area contributed by atoms with Crippen molar-refractivity contribution in [2.45, 2.75) is 25.7 Å². The van der Waals surface area contributed by atoms with E-state index in [4.69, 9.17) is 5.73 Å². The zero-order valence-electron chi connectivity index (χ0n) is 11.3. The largest absolute Gasteiger partial charge is 0.383 e. The van der Waals surface area contributed by atoms with Crippen molar-refractivity contribution in [2.75, 3.05) is 5.73 Å². The molecule has 0 atom stereocenters. The van der Waals surface area contributed by atoms with E-state index < -0.39 is 11.6 Å². The first-order valence-electron chi connectivity index (χ1n) is 6.78. The quantitative estimate of drug-likeness (QED) is 0.873. The van der Waals surface area contributed by atoms with Gasteiger partial charge in [0, 0.05) is 11.3 Å². The Morgan fingerprint density at radius 1 is 1.14 bits per heavy atom. The summed E-state index contributed by atoms with van der Waals surface area (Å²) in [5.41, 5.74) is 8.95. The third kappa shape index (κ3) is 2.23. The molecule has 0 fully saturated rings. The number of nitrogens with zero attached hydrogens (tertiary/aromatic N) is 2. The molecular weight excluding hydrogens is 272 g/mol. The third-order valence-corrected chi connectivity index (χ3v) is 3.82. The molecule has 0 saturated carbocycles. The molecule has 2 aromatic rings. The minimum Gasteiger partial charge on any atom is -0.383 e. The molecule has 21 heavy (non-hydrogen) atoms. The lowest BCUT2D eigenvalue weighted by atomic mass is 9.86. The Labute approximate surface area is 121 Å². The number of hydrogen-bond donors (Lipinski definition) is 1. The van der Waals surface area contributed by atoms with Crippen LogP contribution in [-0.2, 0) is 12.8 Å². The van der Waals surface area contributed by atoms with Crippen LogP contribution in [0.4, 0.5) is 14.6 Å². The van der Waals surface area contributed by atoms with Gasteiger partial charge in [0.1, 0.15) is 17.5 Å². The predicted molar refractivity (Wildman–Crippen MR) is 75.4 cm³/mol. The predicted octanol–water partition coefficient (Wildman–Crippen LogP) is 3.36. The number of fused-ring (bicyclic) bond motifs is 1. The number of nitriles is 1. The van der Waals surface area contributed by atoms with Gasteiger partial charge in [-0.25, -0.2) is 13.8 Å². The normalized spacial score (nSPS) is 13.6. The van der Waals surface area contributed by atoms with Gasteiger partial charge in [0.25, 0.3) is 0 Å². The van der Waals surface area contributed by atoms with Crippen molar-refractivity contribution in [1.82, 2.24) is 4.98 Å². The van der Waals surface area contributed by atoms with Gasteiger partial charge in [0.15, 0.2) is 11.6 Å². The summed E-state index contributed by atoms with van der Waals surface area (Å²) in [5, 5.41) is 9.35. The van der Waals surface area contributed by atoms with Gasteiger partial charge in [-0.1, -0.05) is 6.07 Å². The second-order valence-corrected chi connectivity index (χ2v) is 5.12. The van der Waals surface area contributed by atoms with Crippen molar-refractivity contribution in [3.8, 4) is 17.2 Å². The molecule has 0 unspecified atom stereocenters. The average Bonchev–Trinajstić information content (AvgIpc) is 2.48. The first kappa shape index (κ1) is 13.5. The Bertz CT molecular complexity index is 763. The van der Waals surface area contributed by atoms with E-state index in [-0.39, 0.29) is 11.4 Å². The van der Waals surface area contributed by atoms with E-state index in [1.165, 1.54) is 6.07 Å². The fourth-order valence-electron chi connectivity index (χ4n) is 2.85. The van der Waals surface area contributed by atoms with Gasteiger partial charge in [0.05, 0.1) is 0 Å². The van der Waals surface area contributed by atoms with Gasteiger partial charge in [-0.15, -0.1) is 0 Å². The number of anilines is 1. The molecule has 0 aliphatic heterocycles. The maximum absolute atomic E-state index is 13.5. The second kappa shape index (κ2) is 5.13. The van der Waals surface area contributed by atoms with Crippen LogP contribution in [0.2, 0.25) is 0 Å². The van der Waals surface area contributed by atoms with Crippen LogP contribution in [0, 0.1) is 23.0 Å². The van der Waals surface area contributed by atoms with Crippen LogP contribution in [0.25, 0.3) is 11.1 Å². The molecule has 0 bridgehead atoms. The molecular formula is C16H13F2N3. The van der Waals surface area contributed by atoms with E-state index in [1.54, 1.807) is 0 Å². The summed E-state index contributed by atoms with van der Waals surface area (Å²) in [6.45, 7) is 0. The maximum Gasteiger partial charge on any atom is 0.159 e. The van der Waals surface area contributed by atoms with Crippen LogP contribution >= 0.6 is 0 Å². The second-order valence-electron chi connectivity index (χ2n) is 5.12. The standard InChI is InChI=1S/C16H13F2N3/c17-12-6-5-9(7-13(12)18)15-10-3-1-2-4-14(10)21-16(20)11(15)8-19/h5-7H,1-4H2,(H2,20,21). The summed E-state index contributed by atoms with van der Waals surface area (Å²) in [6, 6.07) is 5.70. The highest BCUT2D eigenvalue weighted by atomic mass is 19.2. The molecule has 0 amide bonds. The fourth-order valence-corrected chi connectivity index (χ4v) is 2.85. The SMILES string of the molecule is N#Cc1c(N)nc2c(c1-c1ccc(F)c(F)c1)CCCC2. The summed E-state index contributed by atoms with van der Waals surface area (Å²) < 4.78 is 26.7. The van der Waals surface area contributed by atoms with Crippen LogP contribution in [0.5, 0.6) is 0 Å². The molecule has 1 aliphatic carbocycles. The minimum atomic E-state index is -0.934. The molecule has 106 valence electrons. The summed E-state index contributed by atoms with van der Waals surface area (Å²) in [6.07, 6.45) is 3.57. The minimum absolute atomic E-state index is 0.151. The van der Waals surface area contributed by atoms with E-state index >= 15 is 0 Å². The van der Waals surface area contributed by atoms with Crippen LogP contribution in [-0.4, -0.2) is 4.98 Å². The lowest BCUT2D eigenvalue weighted by molar-refractivity contribution is 0.509. The number of rotatable bonds is 1. The van der Waals surface area contributed by atoms with Crippen molar-refractivity contribution in [1.29, 1.82) is 5.26 Å². The van der Waals surface area contributed by atoms with Gasteiger partial charge in [-0.2, -0.15) is 5.26 Å². The molecule has 1 aromatic carbocycles. The summed E-state index contributed by atoms with van der Waals surface area (Å²) in [5.74, 6) is -1.69. The van der Waals surface area contributed by atoms with Crippen molar-refractivity contribution < 1.29 is 8.78 Å². The smallest absolute Gasteiger partial charge is 0.159 e. The lowest BCUT2D eigenvalue weighted by Gasteiger charge is -2.21. The van der Waals surface area contributed by atoms with Crippen molar-refractivity contribution in [2.24, 2.45) is 0 Å². The Hall–Kier alpha value is -2.48. The third-order valence-electron chi connectivity index (χ3n) is 3.82. The molecule has 0 radical (unpaired) electrons. The molecule has 0 spiro atoms. The zero-order chi connectivity index (χ0) is 15.0. The van der Waals surface area contributed by atoms with E-state index in [2.05, 4.69) is 4.98 Å². The number of pyridine rings is 1. The number of hydrogen-bond acceptors (Lipinski definition) is 3. The first-order valence-corrected chi connectivity index (χ1v) is 6.78. The van der Waals surface area contributed by atoms with E-state index in [9.17, 15) is 14.0 Å². The van der Waals surface area contributed by atoms with E-state index in [1.807, 2.05) is 6.07 Å². The van der Waals surface area contributed by atoms with Crippen molar-refractivity contribution in [3.05, 3.63) is 46.7 Å². The number of halogens is 2. The molecule has 3 rings (SSSR count). The average molecular weight is 285 g/mol. The van der Waals surface area contributed by atoms with Gasteiger partial charge in [0.2, 0.25) is 0 Å². The summed E-state index contributed by atoms with van der Waals surface area (Å²) in [7, 11) is 0. The van der Waals surface area contributed by atoms with Crippen LogP contribution in [0.15, 0.2) is 18.2 Å². The van der Waals surface area contributed by atoms with Gasteiger partial charge >= 0.3 is 0 Å². The van der Waals surface area contributed by atoms with E-state index in [0.717, 1.165) is 49.1 Å². The molecule has 5 heteroatoms. The Kier molecular flexibility index (Phi) is 3.30. The Morgan fingerprint density at radius 3 is 2.62 bits per heavy atom. The van der Waals surface area contributed by atoms with Gasteiger partial charge in [-0.3, -0.25) is 0 Å². The van der Waals surface area contributed by atoms with Crippen molar-refractivity contribution >= 4 is 5.82 Å². The molecule has 3 nitrogen and oxygen atoms in total. The molecule has 0 saturated heterocycles. The monoisotopic (exact) mass is 285 g/mol. The van der Waals surface area contributed by atoms with Gasteiger partial charge in [-0.05, 0) is 48.9 Å². The van der Waals surface area contributed by atoms with Crippen molar-refractivity contribution in [3.63, 3.8) is 0 Å². The maximum atomic E-state index is 13.5. The van der Waals surface area contributed by atoms with Crippen LogP contribution in [0.1, 0.15) is 29.7 Å². The number of nitrogen functional groups attached to an aromatic ring is 1. The highest BCUT2D eigenvalue weighted by Gasteiger charge is 2.22. The number of nitrogens with two attached hydrogens (primary N) is 1.